The molecule has 0 radical (unpaired) electrons. The summed E-state index contributed by atoms with van der Waals surface area (Å²) in [4.78, 5) is 129. The van der Waals surface area contributed by atoms with Crippen LogP contribution in [0.15, 0.2) is 136 Å². The number of ether oxygens (including phenoxy) is 4. The number of hydrogen-bond donors (Lipinski definition) is 6. The number of carboxylic acids is 2. The van der Waals surface area contributed by atoms with Gasteiger partial charge in [-0.3, -0.25) is 28.8 Å². The second-order valence-corrected chi connectivity index (χ2v) is 30.9. The standard InChI is InChI=1S/C67H76N2O19Si/c1-37-46(85-62(81)54(88-89(8,9)63(2,3)4)53(38-20-13-10-14-21-38)69-58(77)39-22-15-11-16-23-39)34-67(82)57(87-60(79)40-24-17-12-18-25-40)55-65(7,56(76)43(32-49(71)72)52(37)64(67,5)6)47(33-48-66(55,36-83-48)35-50(73)74)86-51(75)26-19-29-68-59(78)44-30-41-27-28-42(70)31-45(41)84-61(44)80/h10-18,20-25,27-28,30-31,43,46-48,53-55,57,70,82H,19,26,29,32-36H2,1-9H3,(H,68,78)(H,69,77)(H,71,72)(H,73,74)/t43?,46?,47?,48-,53-,54+,55?,57-,65?,66-,67?/m0/s1. The molecule has 1 aromatic heterocycles. The number of Topliss-reactive ketones (excluding diaryl/α,β-unsaturated/α-hetero) is 1. The summed E-state index contributed by atoms with van der Waals surface area (Å²) in [5.74, 6) is -11.5. The smallest absolute Gasteiger partial charge is 0.349 e. The fraction of sp³-hybridized carbons (Fsp3) is 0.448. The Morgan fingerprint density at radius 1 is 0.798 bits per heavy atom. The van der Waals surface area contributed by atoms with Crippen LogP contribution in [-0.4, -0.2) is 125 Å². The maximum atomic E-state index is 16.6. The third-order valence-corrected chi connectivity index (χ3v) is 23.8. The summed E-state index contributed by atoms with van der Waals surface area (Å²) in [7, 11) is -3.04. The van der Waals surface area contributed by atoms with E-state index in [2.05, 4.69) is 10.6 Å². The predicted octanol–water partition coefficient (Wildman–Crippen LogP) is 8.66. The third kappa shape index (κ3) is 12.4. The average molecular weight is 1240 g/mol. The molecule has 2 amide bonds. The van der Waals surface area contributed by atoms with Crippen LogP contribution in [0.2, 0.25) is 18.1 Å². The summed E-state index contributed by atoms with van der Waals surface area (Å²) in [6, 6.07) is 28.8. The van der Waals surface area contributed by atoms with Crippen molar-refractivity contribution in [3.8, 4) is 5.75 Å². The maximum Gasteiger partial charge on any atom is 0.349 e. The molecule has 22 heteroatoms. The van der Waals surface area contributed by atoms with E-state index < -0.39 is 162 Å². The van der Waals surface area contributed by atoms with Crippen LogP contribution >= 0.6 is 0 Å². The van der Waals surface area contributed by atoms with Gasteiger partial charge in [0.25, 0.3) is 11.8 Å². The lowest BCUT2D eigenvalue weighted by molar-refractivity contribution is -0.320. The van der Waals surface area contributed by atoms with Gasteiger partial charge in [-0.2, -0.15) is 0 Å². The number of rotatable bonds is 20. The minimum absolute atomic E-state index is 0.00467. The minimum atomic E-state index is -3.04. The van der Waals surface area contributed by atoms with Gasteiger partial charge in [0.05, 0.1) is 48.5 Å². The van der Waals surface area contributed by atoms with E-state index >= 15 is 9.59 Å². The normalized spacial score (nSPS) is 26.1. The van der Waals surface area contributed by atoms with E-state index in [1.54, 1.807) is 99.6 Å². The van der Waals surface area contributed by atoms with E-state index in [-0.39, 0.29) is 65.2 Å². The SMILES string of the molecule is CC1=C2C(CC(=O)O)C(=O)C3(C)C(OC(=O)CCCNC(=O)c4cc5ccc(O)cc5oc4=O)C[C@@H]4OC[C@]4(CC(=O)O)C3[C@H](OC(=O)c3ccccc3)C(O)(CC1OC(=O)[C@H](O[Si](C)(C)C(C)(C)C)[C@@H](NC(=O)c1ccccc1)c1ccccc1)C2(C)C. The Hall–Kier alpha value is -8.31. The Bertz CT molecular complexity index is 3670. The van der Waals surface area contributed by atoms with Crippen molar-refractivity contribution < 1.29 is 86.6 Å². The second-order valence-electron chi connectivity index (χ2n) is 26.1. The number of fused-ring (bicyclic) bond motifs is 6. The highest BCUT2D eigenvalue weighted by Crippen LogP contribution is 2.68. The molecule has 5 aromatic rings. The molecule has 3 aliphatic carbocycles. The number of carbonyl (C=O) groups excluding carboxylic acids is 6. The van der Waals surface area contributed by atoms with Crippen LogP contribution in [0.1, 0.15) is 130 Å². The third-order valence-electron chi connectivity index (χ3n) is 19.4. The number of amides is 2. The zero-order chi connectivity index (χ0) is 64.8. The first-order chi connectivity index (χ1) is 41.8. The van der Waals surface area contributed by atoms with Crippen molar-refractivity contribution in [2.75, 3.05) is 13.2 Å². The van der Waals surface area contributed by atoms with Crippen LogP contribution < -0.4 is 16.3 Å². The van der Waals surface area contributed by atoms with Crippen molar-refractivity contribution in [1.82, 2.24) is 10.6 Å². The number of carboxylic acid groups (broad SMARTS) is 2. The fourth-order valence-electron chi connectivity index (χ4n) is 13.6. The molecule has 6 N–H and O–H groups in total. The van der Waals surface area contributed by atoms with E-state index in [9.17, 15) is 54.0 Å². The van der Waals surface area contributed by atoms with Gasteiger partial charge in [0, 0.05) is 59.6 Å². The number of aliphatic carboxylic acids is 2. The van der Waals surface area contributed by atoms with Gasteiger partial charge in [0.15, 0.2) is 20.2 Å². The summed E-state index contributed by atoms with van der Waals surface area (Å²) in [5.41, 5.74) is -8.57. The first-order valence-corrected chi connectivity index (χ1v) is 32.6. The van der Waals surface area contributed by atoms with Crippen molar-refractivity contribution in [2.45, 2.75) is 147 Å². The van der Waals surface area contributed by atoms with Crippen LogP contribution in [-0.2, 0) is 47.3 Å². The van der Waals surface area contributed by atoms with E-state index in [0.717, 1.165) is 0 Å². The van der Waals surface area contributed by atoms with Gasteiger partial charge in [0.1, 0.15) is 40.8 Å². The summed E-state index contributed by atoms with van der Waals surface area (Å²) < 4.78 is 38.1. The van der Waals surface area contributed by atoms with Crippen LogP contribution in [0.4, 0.5) is 0 Å². The molecule has 4 aliphatic rings. The van der Waals surface area contributed by atoms with Crippen LogP contribution in [0.3, 0.4) is 0 Å². The molecule has 11 atom stereocenters. The lowest BCUT2D eigenvalue weighted by Crippen LogP contribution is -2.78. The van der Waals surface area contributed by atoms with Crippen LogP contribution in [0, 0.1) is 28.1 Å². The number of aliphatic hydroxyl groups is 1. The van der Waals surface area contributed by atoms with Gasteiger partial charge in [-0.25, -0.2) is 14.4 Å². The Morgan fingerprint density at radius 2 is 1.43 bits per heavy atom. The zero-order valence-corrected chi connectivity index (χ0v) is 52.2. The minimum Gasteiger partial charge on any atom is -0.508 e. The quantitative estimate of drug-likeness (QED) is 0.0106. The van der Waals surface area contributed by atoms with Gasteiger partial charge in [-0.15, -0.1) is 0 Å². The van der Waals surface area contributed by atoms with E-state index in [1.807, 2.05) is 33.9 Å². The molecule has 6 unspecified atom stereocenters. The van der Waals surface area contributed by atoms with Crippen molar-refractivity contribution in [3.63, 3.8) is 0 Å². The average Bonchev–Trinajstić information content (AvgIpc) is 0.676. The van der Waals surface area contributed by atoms with Crippen molar-refractivity contribution in [3.05, 3.63) is 159 Å². The molecule has 21 nitrogen and oxygen atoms in total. The highest BCUT2D eigenvalue weighted by Gasteiger charge is 2.77. The molecule has 0 spiro atoms. The molecular formula is C67H76N2O19Si. The molecule has 9 rings (SSSR count). The zero-order valence-electron chi connectivity index (χ0n) is 51.2. The molecule has 1 saturated heterocycles. The molecule has 89 heavy (non-hydrogen) atoms. The van der Waals surface area contributed by atoms with Crippen molar-refractivity contribution in [1.29, 1.82) is 0 Å². The maximum absolute atomic E-state index is 16.6. The number of phenols is 1. The number of benzene rings is 4. The monoisotopic (exact) mass is 1240 g/mol. The van der Waals surface area contributed by atoms with Crippen LogP contribution in [0.25, 0.3) is 11.0 Å². The number of phenolic OH excluding ortho intramolecular Hbond substituents is 1. The summed E-state index contributed by atoms with van der Waals surface area (Å²) >= 11 is 0. The molecule has 4 aromatic carbocycles. The fourth-order valence-corrected chi connectivity index (χ4v) is 14.9. The molecule has 2 heterocycles. The number of esters is 3. The number of carbonyl (C=O) groups is 8. The summed E-state index contributed by atoms with van der Waals surface area (Å²) in [6.07, 6.45) is -10.9. The van der Waals surface area contributed by atoms with Crippen LogP contribution in [0.5, 0.6) is 5.75 Å². The molecule has 2 bridgehead atoms. The Labute approximate surface area is 515 Å². The Morgan fingerprint density at radius 3 is 2.02 bits per heavy atom. The number of aromatic hydroxyl groups is 1. The number of nitrogens with one attached hydrogen (secondary N) is 2. The molecule has 3 fully saturated rings. The van der Waals surface area contributed by atoms with Gasteiger partial charge in [-0.05, 0) is 97.6 Å². The van der Waals surface area contributed by atoms with Gasteiger partial charge in [0.2, 0.25) is 0 Å². The highest BCUT2D eigenvalue weighted by molar-refractivity contribution is 6.74. The van der Waals surface area contributed by atoms with Crippen molar-refractivity contribution in [2.24, 2.45) is 28.1 Å². The second kappa shape index (κ2) is 24.9. The molecule has 472 valence electrons. The molecule has 1 aliphatic heterocycles. The van der Waals surface area contributed by atoms with Gasteiger partial charge < -0.3 is 58.9 Å². The first-order valence-electron chi connectivity index (χ1n) is 29.7. The van der Waals surface area contributed by atoms with E-state index in [0.29, 0.717) is 10.9 Å². The summed E-state index contributed by atoms with van der Waals surface area (Å²) in [6.45, 7) is 15.3. The Kier molecular flexibility index (Phi) is 18.2. The number of ketones is 1. The predicted molar refractivity (Wildman–Crippen MR) is 324 cm³/mol. The number of hydrogen-bond acceptors (Lipinski definition) is 17. The lowest BCUT2D eigenvalue weighted by Gasteiger charge is -2.69. The highest BCUT2D eigenvalue weighted by atomic mass is 28.4. The van der Waals surface area contributed by atoms with Crippen molar-refractivity contribution >= 4 is 66.7 Å². The van der Waals surface area contributed by atoms with E-state index in [1.165, 1.54) is 43.3 Å². The topological polar surface area (TPSA) is 318 Å². The van der Waals surface area contributed by atoms with E-state index in [4.69, 9.17) is 27.8 Å². The van der Waals surface area contributed by atoms with Gasteiger partial charge >= 0.3 is 35.5 Å². The molecule has 2 saturated carbocycles. The molecular weight excluding hydrogens is 1160 g/mol. The first kappa shape index (κ1) is 65.1. The lowest BCUT2D eigenvalue weighted by atomic mass is 9.40. The Balaban J connectivity index is 1.15. The summed E-state index contributed by atoms with van der Waals surface area (Å²) in [5, 5.41) is 51.5. The largest absolute Gasteiger partial charge is 0.508 e. The van der Waals surface area contributed by atoms with Gasteiger partial charge in [-0.1, -0.05) is 101 Å².